The van der Waals surface area contributed by atoms with E-state index in [9.17, 15) is 4.79 Å². The zero-order valence-electron chi connectivity index (χ0n) is 9.27. The molecule has 0 aliphatic carbocycles. The van der Waals surface area contributed by atoms with Gasteiger partial charge in [0, 0.05) is 10.6 Å². The van der Waals surface area contributed by atoms with E-state index >= 15 is 0 Å². The first-order valence-electron chi connectivity index (χ1n) is 4.77. The standard InChI is InChI=1S/C11H11ClO4.ClH/c1-11(2)7-5-6(12)3-4-8(7)15-10(16-11)9(13)14;/h3-5,10H,1-2H3,(H,13,14);1H. The van der Waals surface area contributed by atoms with Crippen molar-refractivity contribution in [3.63, 3.8) is 0 Å². The molecule has 1 aromatic carbocycles. The smallest absolute Gasteiger partial charge is 0.373 e. The van der Waals surface area contributed by atoms with Crippen LogP contribution in [-0.4, -0.2) is 17.4 Å². The summed E-state index contributed by atoms with van der Waals surface area (Å²) in [5.41, 5.74) is 0.0131. The van der Waals surface area contributed by atoms with Crippen LogP contribution < -0.4 is 4.74 Å². The van der Waals surface area contributed by atoms with Gasteiger partial charge in [0.05, 0.1) is 5.60 Å². The van der Waals surface area contributed by atoms with Gasteiger partial charge in [-0.3, -0.25) is 0 Å². The summed E-state index contributed by atoms with van der Waals surface area (Å²) < 4.78 is 10.5. The summed E-state index contributed by atoms with van der Waals surface area (Å²) in [6.45, 7) is 3.56. The molecule has 0 bridgehead atoms. The second kappa shape index (κ2) is 4.72. The van der Waals surface area contributed by atoms with Gasteiger partial charge >= 0.3 is 5.97 Å². The third-order valence-corrected chi connectivity index (χ3v) is 2.66. The van der Waals surface area contributed by atoms with Crippen molar-refractivity contribution >= 4 is 30.0 Å². The summed E-state index contributed by atoms with van der Waals surface area (Å²) in [7, 11) is 0. The Kier molecular flexibility index (Phi) is 3.91. The van der Waals surface area contributed by atoms with E-state index in [1.807, 2.05) is 0 Å². The van der Waals surface area contributed by atoms with E-state index in [1.165, 1.54) is 0 Å². The Balaban J connectivity index is 0.00000144. The molecule has 1 aromatic rings. The van der Waals surface area contributed by atoms with Crippen LogP contribution in [0.15, 0.2) is 18.2 Å². The molecule has 1 aliphatic rings. The summed E-state index contributed by atoms with van der Waals surface area (Å²) in [5.74, 6) is -0.651. The van der Waals surface area contributed by atoms with Gasteiger partial charge in [-0.1, -0.05) is 11.6 Å². The molecule has 0 saturated carbocycles. The zero-order chi connectivity index (χ0) is 11.9. The van der Waals surface area contributed by atoms with Crippen LogP contribution in [0.2, 0.25) is 5.02 Å². The molecular formula is C11H12Cl2O4. The number of carboxylic acid groups (broad SMARTS) is 1. The Labute approximate surface area is 110 Å². The maximum absolute atomic E-state index is 10.8. The number of hydrogen-bond donors (Lipinski definition) is 1. The molecule has 1 N–H and O–H groups in total. The van der Waals surface area contributed by atoms with Gasteiger partial charge in [-0.2, -0.15) is 0 Å². The lowest BCUT2D eigenvalue weighted by atomic mass is 9.96. The van der Waals surface area contributed by atoms with Crippen LogP contribution in [0.1, 0.15) is 19.4 Å². The van der Waals surface area contributed by atoms with Gasteiger partial charge in [-0.25, -0.2) is 4.79 Å². The topological polar surface area (TPSA) is 55.8 Å². The number of fused-ring (bicyclic) bond motifs is 1. The van der Waals surface area contributed by atoms with E-state index in [-0.39, 0.29) is 12.4 Å². The van der Waals surface area contributed by atoms with Crippen molar-refractivity contribution in [3.05, 3.63) is 28.8 Å². The van der Waals surface area contributed by atoms with Gasteiger partial charge in [0.1, 0.15) is 5.75 Å². The Morgan fingerprint density at radius 1 is 1.47 bits per heavy atom. The summed E-state index contributed by atoms with van der Waals surface area (Å²) in [6.07, 6.45) is -1.27. The summed E-state index contributed by atoms with van der Waals surface area (Å²) in [4.78, 5) is 10.8. The van der Waals surface area contributed by atoms with Crippen molar-refractivity contribution in [2.75, 3.05) is 0 Å². The molecule has 0 radical (unpaired) electrons. The van der Waals surface area contributed by atoms with Crippen molar-refractivity contribution in [3.8, 4) is 5.75 Å². The van der Waals surface area contributed by atoms with Crippen molar-refractivity contribution in [2.24, 2.45) is 0 Å². The second-order valence-electron chi connectivity index (χ2n) is 4.06. The second-order valence-corrected chi connectivity index (χ2v) is 4.49. The molecule has 94 valence electrons. The fourth-order valence-electron chi connectivity index (χ4n) is 1.65. The number of ether oxygens (including phenoxy) is 2. The summed E-state index contributed by atoms with van der Waals surface area (Å²) in [6, 6.07) is 5.02. The van der Waals surface area contributed by atoms with Gasteiger partial charge in [0.25, 0.3) is 6.29 Å². The Morgan fingerprint density at radius 2 is 2.12 bits per heavy atom. The normalized spacial score (nSPS) is 20.8. The van der Waals surface area contributed by atoms with Crippen molar-refractivity contribution in [1.29, 1.82) is 0 Å². The number of carboxylic acids is 1. The molecule has 0 saturated heterocycles. The van der Waals surface area contributed by atoms with Crippen LogP contribution in [0.3, 0.4) is 0 Å². The van der Waals surface area contributed by atoms with Crippen molar-refractivity contribution in [2.45, 2.75) is 25.7 Å². The monoisotopic (exact) mass is 278 g/mol. The van der Waals surface area contributed by atoms with Crippen LogP contribution >= 0.6 is 24.0 Å². The lowest BCUT2D eigenvalue weighted by Gasteiger charge is -2.36. The highest BCUT2D eigenvalue weighted by Gasteiger charge is 2.38. The zero-order valence-corrected chi connectivity index (χ0v) is 10.8. The highest BCUT2D eigenvalue weighted by Crippen LogP contribution is 2.39. The quantitative estimate of drug-likeness (QED) is 0.858. The minimum absolute atomic E-state index is 0. The van der Waals surface area contributed by atoms with Gasteiger partial charge in [0.15, 0.2) is 0 Å². The molecule has 0 spiro atoms. The number of hydrogen-bond acceptors (Lipinski definition) is 3. The lowest BCUT2D eigenvalue weighted by molar-refractivity contribution is -0.206. The maximum Gasteiger partial charge on any atom is 0.373 e. The van der Waals surface area contributed by atoms with Gasteiger partial charge in [-0.05, 0) is 32.0 Å². The van der Waals surface area contributed by atoms with Crippen molar-refractivity contribution < 1.29 is 19.4 Å². The molecule has 1 unspecified atom stereocenters. The molecule has 1 atom stereocenters. The van der Waals surface area contributed by atoms with E-state index in [0.29, 0.717) is 10.8 Å². The van der Waals surface area contributed by atoms with Gasteiger partial charge in [0.2, 0.25) is 0 Å². The fourth-order valence-corrected chi connectivity index (χ4v) is 1.82. The first-order chi connectivity index (χ1) is 7.40. The Morgan fingerprint density at radius 3 is 2.71 bits per heavy atom. The van der Waals surface area contributed by atoms with Crippen LogP contribution in [0.4, 0.5) is 0 Å². The van der Waals surface area contributed by atoms with Gasteiger partial charge in [-0.15, -0.1) is 12.4 Å². The number of halogens is 2. The third-order valence-electron chi connectivity index (χ3n) is 2.43. The highest BCUT2D eigenvalue weighted by atomic mass is 35.5. The lowest BCUT2D eigenvalue weighted by Crippen LogP contribution is -2.42. The fraction of sp³-hybridized carbons (Fsp3) is 0.364. The SMILES string of the molecule is CC1(C)OC(C(=O)O)Oc2ccc(Cl)cc21.Cl. The van der Waals surface area contributed by atoms with Crippen LogP contribution in [0, 0.1) is 0 Å². The van der Waals surface area contributed by atoms with Crippen LogP contribution in [0.5, 0.6) is 5.75 Å². The minimum atomic E-state index is -1.27. The van der Waals surface area contributed by atoms with Gasteiger partial charge < -0.3 is 14.6 Å². The van der Waals surface area contributed by atoms with E-state index in [4.69, 9.17) is 26.2 Å². The first-order valence-corrected chi connectivity index (χ1v) is 5.15. The predicted molar refractivity (Wildman–Crippen MR) is 64.9 cm³/mol. The van der Waals surface area contributed by atoms with E-state index < -0.39 is 17.9 Å². The number of rotatable bonds is 1. The molecular weight excluding hydrogens is 267 g/mol. The molecule has 2 rings (SSSR count). The molecule has 6 heteroatoms. The molecule has 1 aliphatic heterocycles. The largest absolute Gasteiger partial charge is 0.477 e. The Hall–Kier alpha value is -0.970. The average molecular weight is 279 g/mol. The van der Waals surface area contributed by atoms with E-state index in [1.54, 1.807) is 32.0 Å². The molecule has 0 amide bonds. The first kappa shape index (κ1) is 14.1. The minimum Gasteiger partial charge on any atom is -0.477 e. The summed E-state index contributed by atoms with van der Waals surface area (Å²) in [5, 5.41) is 9.44. The van der Waals surface area contributed by atoms with Crippen LogP contribution in [-0.2, 0) is 15.1 Å². The predicted octanol–water partition coefficient (Wildman–Crippen LogP) is 2.82. The average Bonchev–Trinajstić information content (AvgIpc) is 2.18. The molecule has 17 heavy (non-hydrogen) atoms. The number of aliphatic carboxylic acids is 1. The summed E-state index contributed by atoms with van der Waals surface area (Å²) >= 11 is 5.88. The molecule has 0 aromatic heterocycles. The van der Waals surface area contributed by atoms with Crippen LogP contribution in [0.25, 0.3) is 0 Å². The molecule has 1 heterocycles. The third kappa shape index (κ3) is 2.65. The number of carbonyl (C=O) groups is 1. The maximum atomic E-state index is 10.8. The van der Waals surface area contributed by atoms with E-state index in [2.05, 4.69) is 0 Å². The van der Waals surface area contributed by atoms with Crippen molar-refractivity contribution in [1.82, 2.24) is 0 Å². The Bertz CT molecular complexity index is 445. The molecule has 0 fully saturated rings. The highest BCUT2D eigenvalue weighted by molar-refractivity contribution is 6.30. The molecule has 4 nitrogen and oxygen atoms in total. The van der Waals surface area contributed by atoms with E-state index in [0.717, 1.165) is 5.56 Å². The number of benzene rings is 1.